The Morgan fingerprint density at radius 3 is 2.67 bits per heavy atom. The Hall–Kier alpha value is -1.62. The Balaban J connectivity index is 2.24. The molecule has 1 unspecified atom stereocenters. The minimum atomic E-state index is 0.249. The molecule has 5 heteroatoms. The molecule has 18 heavy (non-hydrogen) atoms. The van der Waals surface area contributed by atoms with Gasteiger partial charge in [0.2, 0.25) is 5.95 Å². The molecule has 0 saturated carbocycles. The van der Waals surface area contributed by atoms with Crippen LogP contribution in [0.15, 0.2) is 23.6 Å². The Labute approximate surface area is 111 Å². The highest BCUT2D eigenvalue weighted by Crippen LogP contribution is 2.29. The van der Waals surface area contributed by atoms with E-state index < -0.39 is 0 Å². The van der Waals surface area contributed by atoms with E-state index in [0.717, 1.165) is 11.5 Å². The van der Waals surface area contributed by atoms with Crippen LogP contribution in [0, 0.1) is 12.8 Å². The molecule has 2 aromatic heterocycles. The second kappa shape index (κ2) is 5.35. The second-order valence-corrected chi connectivity index (χ2v) is 5.61. The van der Waals surface area contributed by atoms with Crippen LogP contribution < -0.4 is 11.1 Å². The fourth-order valence-electron chi connectivity index (χ4n) is 1.86. The Kier molecular flexibility index (Phi) is 3.81. The van der Waals surface area contributed by atoms with Gasteiger partial charge in [-0.3, -0.25) is 0 Å². The Morgan fingerprint density at radius 2 is 2.11 bits per heavy atom. The first-order valence-corrected chi connectivity index (χ1v) is 6.85. The van der Waals surface area contributed by atoms with E-state index in [0.29, 0.717) is 11.9 Å². The van der Waals surface area contributed by atoms with Crippen molar-refractivity contribution in [3.05, 3.63) is 34.2 Å². The van der Waals surface area contributed by atoms with Gasteiger partial charge in [0.25, 0.3) is 0 Å². The summed E-state index contributed by atoms with van der Waals surface area (Å²) < 4.78 is 0. The smallest absolute Gasteiger partial charge is 0.222 e. The second-order valence-electron chi connectivity index (χ2n) is 4.63. The predicted molar refractivity (Wildman–Crippen MR) is 76.7 cm³/mol. The summed E-state index contributed by atoms with van der Waals surface area (Å²) in [5, 5.41) is 5.53. The van der Waals surface area contributed by atoms with Gasteiger partial charge in [0, 0.05) is 16.6 Å². The number of anilines is 2. The third-order valence-corrected chi connectivity index (χ3v) is 3.65. The molecule has 0 aliphatic heterocycles. The monoisotopic (exact) mass is 262 g/mol. The summed E-state index contributed by atoms with van der Waals surface area (Å²) in [6.07, 6.45) is 0. The number of nitrogens with zero attached hydrogens (tertiary/aromatic N) is 2. The van der Waals surface area contributed by atoms with Gasteiger partial charge in [-0.1, -0.05) is 19.9 Å². The standard InChI is InChI=1S/C13H18N4S/c1-8(2)12(10-5-4-6-18-10)16-11-7-9(3)15-13(14)17-11/h4-8,12H,1-3H3,(H3,14,15,16,17). The number of thiophene rings is 1. The van der Waals surface area contributed by atoms with Crippen LogP contribution in [-0.2, 0) is 0 Å². The van der Waals surface area contributed by atoms with E-state index in [-0.39, 0.29) is 6.04 Å². The molecular formula is C13H18N4S. The van der Waals surface area contributed by atoms with Crippen LogP contribution in [0.3, 0.4) is 0 Å². The summed E-state index contributed by atoms with van der Waals surface area (Å²) in [5.74, 6) is 1.57. The largest absolute Gasteiger partial charge is 0.368 e. The number of hydrogen-bond donors (Lipinski definition) is 2. The normalized spacial score (nSPS) is 12.7. The highest BCUT2D eigenvalue weighted by Gasteiger charge is 2.17. The van der Waals surface area contributed by atoms with Crippen molar-refractivity contribution >= 4 is 23.1 Å². The van der Waals surface area contributed by atoms with E-state index in [1.165, 1.54) is 4.88 Å². The lowest BCUT2D eigenvalue weighted by atomic mass is 10.0. The van der Waals surface area contributed by atoms with Gasteiger partial charge in [0.05, 0.1) is 6.04 Å². The molecule has 2 aromatic rings. The number of nitrogens with two attached hydrogens (primary N) is 1. The van der Waals surface area contributed by atoms with Crippen molar-refractivity contribution in [3.8, 4) is 0 Å². The van der Waals surface area contributed by atoms with Gasteiger partial charge in [0.1, 0.15) is 5.82 Å². The molecule has 4 nitrogen and oxygen atoms in total. The van der Waals surface area contributed by atoms with Crippen molar-refractivity contribution in [3.63, 3.8) is 0 Å². The minimum Gasteiger partial charge on any atom is -0.368 e. The fraction of sp³-hybridized carbons (Fsp3) is 0.385. The number of hydrogen-bond acceptors (Lipinski definition) is 5. The van der Waals surface area contributed by atoms with Crippen molar-refractivity contribution in [2.45, 2.75) is 26.8 Å². The molecule has 0 bridgehead atoms. The zero-order valence-corrected chi connectivity index (χ0v) is 11.7. The molecule has 96 valence electrons. The summed E-state index contributed by atoms with van der Waals surface area (Å²) in [6, 6.07) is 6.37. The van der Waals surface area contributed by atoms with Gasteiger partial charge < -0.3 is 11.1 Å². The lowest BCUT2D eigenvalue weighted by molar-refractivity contribution is 0.552. The van der Waals surface area contributed by atoms with Gasteiger partial charge in [0.15, 0.2) is 0 Å². The van der Waals surface area contributed by atoms with Gasteiger partial charge in [-0.15, -0.1) is 11.3 Å². The molecule has 0 radical (unpaired) electrons. The topological polar surface area (TPSA) is 63.8 Å². The third kappa shape index (κ3) is 2.98. The van der Waals surface area contributed by atoms with Crippen molar-refractivity contribution in [2.24, 2.45) is 5.92 Å². The first kappa shape index (κ1) is 12.8. The average Bonchev–Trinajstić information content (AvgIpc) is 2.77. The molecule has 2 rings (SSSR count). The van der Waals surface area contributed by atoms with Crippen LogP contribution in [0.4, 0.5) is 11.8 Å². The molecule has 0 aliphatic carbocycles. The molecule has 1 atom stereocenters. The van der Waals surface area contributed by atoms with E-state index in [1.807, 2.05) is 13.0 Å². The van der Waals surface area contributed by atoms with Crippen LogP contribution >= 0.6 is 11.3 Å². The van der Waals surface area contributed by atoms with Gasteiger partial charge >= 0.3 is 0 Å². The number of aryl methyl sites for hydroxylation is 1. The molecule has 2 heterocycles. The average molecular weight is 262 g/mol. The lowest BCUT2D eigenvalue weighted by Crippen LogP contribution is -2.17. The molecular weight excluding hydrogens is 244 g/mol. The zero-order valence-electron chi connectivity index (χ0n) is 10.8. The highest BCUT2D eigenvalue weighted by atomic mass is 32.1. The predicted octanol–water partition coefficient (Wildman–Crippen LogP) is 3.24. The number of nitrogen functional groups attached to an aromatic ring is 1. The summed E-state index contributed by atoms with van der Waals surface area (Å²) in [7, 11) is 0. The first-order chi connectivity index (χ1) is 8.56. The highest BCUT2D eigenvalue weighted by molar-refractivity contribution is 7.10. The summed E-state index contributed by atoms with van der Waals surface area (Å²) in [4.78, 5) is 9.61. The molecule has 0 saturated heterocycles. The van der Waals surface area contributed by atoms with Crippen LogP contribution in [0.5, 0.6) is 0 Å². The molecule has 0 aliphatic rings. The van der Waals surface area contributed by atoms with Crippen molar-refractivity contribution in [1.82, 2.24) is 9.97 Å². The quantitative estimate of drug-likeness (QED) is 0.888. The lowest BCUT2D eigenvalue weighted by Gasteiger charge is -2.22. The van der Waals surface area contributed by atoms with Crippen LogP contribution in [-0.4, -0.2) is 9.97 Å². The van der Waals surface area contributed by atoms with E-state index in [1.54, 1.807) is 11.3 Å². The molecule has 3 N–H and O–H groups in total. The Bertz CT molecular complexity index is 487. The van der Waals surface area contributed by atoms with Crippen LogP contribution in [0.2, 0.25) is 0 Å². The number of aromatic nitrogens is 2. The van der Waals surface area contributed by atoms with Crippen LogP contribution in [0.25, 0.3) is 0 Å². The van der Waals surface area contributed by atoms with E-state index in [9.17, 15) is 0 Å². The maximum atomic E-state index is 5.67. The van der Waals surface area contributed by atoms with Crippen molar-refractivity contribution in [2.75, 3.05) is 11.1 Å². The maximum Gasteiger partial charge on any atom is 0.222 e. The summed E-state index contributed by atoms with van der Waals surface area (Å²) >= 11 is 1.75. The van der Waals surface area contributed by atoms with Gasteiger partial charge in [-0.2, -0.15) is 4.98 Å². The fourth-order valence-corrected chi connectivity index (χ4v) is 2.81. The zero-order chi connectivity index (χ0) is 13.1. The minimum absolute atomic E-state index is 0.249. The first-order valence-electron chi connectivity index (χ1n) is 5.97. The molecule has 0 amide bonds. The van der Waals surface area contributed by atoms with Gasteiger partial charge in [-0.05, 0) is 24.3 Å². The number of nitrogens with one attached hydrogen (secondary N) is 1. The summed E-state index contributed by atoms with van der Waals surface area (Å²) in [5.41, 5.74) is 6.54. The van der Waals surface area contributed by atoms with E-state index in [2.05, 4.69) is 46.6 Å². The Morgan fingerprint density at radius 1 is 1.33 bits per heavy atom. The van der Waals surface area contributed by atoms with Gasteiger partial charge in [-0.25, -0.2) is 4.98 Å². The van der Waals surface area contributed by atoms with Crippen molar-refractivity contribution < 1.29 is 0 Å². The third-order valence-electron chi connectivity index (χ3n) is 2.69. The molecule has 0 aromatic carbocycles. The van der Waals surface area contributed by atoms with Crippen LogP contribution in [0.1, 0.15) is 30.5 Å². The summed E-state index contributed by atoms with van der Waals surface area (Å²) in [6.45, 7) is 6.29. The SMILES string of the molecule is Cc1cc(NC(c2cccs2)C(C)C)nc(N)n1. The number of rotatable bonds is 4. The molecule has 0 fully saturated rings. The molecule has 0 spiro atoms. The van der Waals surface area contributed by atoms with E-state index >= 15 is 0 Å². The maximum absolute atomic E-state index is 5.67. The van der Waals surface area contributed by atoms with Crippen molar-refractivity contribution in [1.29, 1.82) is 0 Å². The van der Waals surface area contributed by atoms with E-state index in [4.69, 9.17) is 5.73 Å².